The molecule has 1 radical (unpaired) electrons. The average Bonchev–Trinajstić information content (AvgIpc) is 1.30. The van der Waals surface area contributed by atoms with E-state index in [4.69, 9.17) is 5.14 Å². The number of hydrogen-bond acceptors (Lipinski definition) is 3. The molecule has 1 N–H and O–H groups in total. The van der Waals surface area contributed by atoms with Gasteiger partial charge in [0.05, 0.1) is 0 Å². The van der Waals surface area contributed by atoms with Crippen LogP contribution in [-0.2, 0) is 14.5 Å². The molecule has 0 aromatic carbocycles. The van der Waals surface area contributed by atoms with E-state index in [0.717, 1.165) is 0 Å². The Hall–Kier alpha value is -0.550. The molecule has 0 saturated carbocycles. The summed E-state index contributed by atoms with van der Waals surface area (Å²) in [6.07, 6.45) is 0.683. The average molecular weight is 122 g/mol. The number of nitrogens with one attached hydrogen (secondary N) is 1. The Morgan fingerprint density at radius 2 is 2.14 bits per heavy atom. The van der Waals surface area contributed by atoms with Crippen LogP contribution in [0, 0.1) is 0 Å². The first-order valence-electron chi connectivity index (χ1n) is 1.35. The van der Waals surface area contributed by atoms with Crippen LogP contribution in [0.1, 0.15) is 0 Å². The van der Waals surface area contributed by atoms with Crippen LogP contribution < -0.4 is 5.14 Å². The topological polar surface area (TPSA) is 67.2 Å². The van der Waals surface area contributed by atoms with E-state index in [0.29, 0.717) is 6.26 Å². The molecule has 0 aromatic rings. The third kappa shape index (κ3) is 5.45. The second-order valence-corrected chi connectivity index (χ2v) is 1.82. The van der Waals surface area contributed by atoms with E-state index in [-0.39, 0.29) is 0 Å². The zero-order chi connectivity index (χ0) is 5.91. The van der Waals surface area contributed by atoms with Crippen LogP contribution in [-0.4, -0.2) is 8.42 Å². The summed E-state index contributed by atoms with van der Waals surface area (Å²) in [7, 11) is -4.04. The maximum atomic E-state index is 9.60. The van der Waals surface area contributed by atoms with Gasteiger partial charge in [0, 0.05) is 0 Å². The van der Waals surface area contributed by atoms with Gasteiger partial charge in [-0.05, 0) is 0 Å². The molecular weight excluding hydrogens is 118 g/mol. The van der Waals surface area contributed by atoms with Gasteiger partial charge in [-0.15, -0.1) is 5.14 Å². The van der Waals surface area contributed by atoms with Crippen molar-refractivity contribution in [3.63, 3.8) is 0 Å². The molecule has 0 amide bonds. The molecule has 0 atom stereocenters. The van der Waals surface area contributed by atoms with Crippen molar-refractivity contribution in [2.24, 2.45) is 0 Å². The zero-order valence-electron chi connectivity index (χ0n) is 3.42. The van der Waals surface area contributed by atoms with Crippen molar-refractivity contribution < 1.29 is 12.6 Å². The van der Waals surface area contributed by atoms with Crippen LogP contribution in [0.25, 0.3) is 0 Å². The molecule has 0 rings (SSSR count). The Labute approximate surface area is 41.8 Å². The van der Waals surface area contributed by atoms with Gasteiger partial charge in [-0.25, -0.2) is 0 Å². The summed E-state index contributed by atoms with van der Waals surface area (Å²) in [5.74, 6) is 0. The Bertz CT molecular complexity index is 146. The lowest BCUT2D eigenvalue weighted by molar-refractivity contribution is 0.444. The summed E-state index contributed by atoms with van der Waals surface area (Å²) in [6.45, 7) is 2.92. The van der Waals surface area contributed by atoms with E-state index < -0.39 is 10.3 Å². The molecule has 7 heavy (non-hydrogen) atoms. The molecular formula is C2H4NO3S. The molecule has 5 heteroatoms. The second kappa shape index (κ2) is 1.94. The molecule has 0 heterocycles. The zero-order valence-corrected chi connectivity index (χ0v) is 4.23. The summed E-state index contributed by atoms with van der Waals surface area (Å²) < 4.78 is 22.8. The van der Waals surface area contributed by atoms with Crippen molar-refractivity contribution >= 4 is 10.3 Å². The predicted molar refractivity (Wildman–Crippen MR) is 23.3 cm³/mol. The van der Waals surface area contributed by atoms with E-state index >= 15 is 0 Å². The third-order valence-electron chi connectivity index (χ3n) is 0.195. The smallest absolute Gasteiger partial charge is 0.379 e. The van der Waals surface area contributed by atoms with Crippen LogP contribution in [0.4, 0.5) is 0 Å². The molecule has 0 aliphatic heterocycles. The predicted octanol–water partition coefficient (Wildman–Crippen LogP) is -0.326. The monoisotopic (exact) mass is 122 g/mol. The van der Waals surface area contributed by atoms with Crippen molar-refractivity contribution in [2.75, 3.05) is 0 Å². The summed E-state index contributed by atoms with van der Waals surface area (Å²) in [5, 5.41) is 6.01. The first-order valence-corrected chi connectivity index (χ1v) is 2.76. The quantitative estimate of drug-likeness (QED) is 0.471. The minimum atomic E-state index is -4.04. The standard InChI is InChI=1S/C2H4NO3S/c1-2-6-7(3,4)5/h2-3H,1H2. The number of hydrogen-bond donors (Lipinski definition) is 0. The van der Waals surface area contributed by atoms with Crippen LogP contribution >= 0.6 is 0 Å². The SMILES string of the molecule is C=COS([NH])(=O)=O. The fourth-order valence-corrected chi connectivity index (χ4v) is 0.269. The molecule has 4 nitrogen and oxygen atoms in total. The minimum absolute atomic E-state index is 0.683. The van der Waals surface area contributed by atoms with Crippen molar-refractivity contribution in [3.8, 4) is 0 Å². The maximum absolute atomic E-state index is 9.60. The molecule has 0 spiro atoms. The first-order chi connectivity index (χ1) is 3.06. The summed E-state index contributed by atoms with van der Waals surface area (Å²) >= 11 is 0. The maximum Gasteiger partial charge on any atom is 0.396 e. The van der Waals surface area contributed by atoms with Gasteiger partial charge in [0.15, 0.2) is 0 Å². The van der Waals surface area contributed by atoms with Crippen LogP contribution in [0.2, 0.25) is 0 Å². The van der Waals surface area contributed by atoms with E-state index in [2.05, 4.69) is 10.8 Å². The molecule has 0 saturated heterocycles. The van der Waals surface area contributed by atoms with Gasteiger partial charge < -0.3 is 4.18 Å². The molecule has 0 aromatic heterocycles. The lowest BCUT2D eigenvalue weighted by Gasteiger charge is -1.87. The van der Waals surface area contributed by atoms with Crippen molar-refractivity contribution in [1.82, 2.24) is 5.14 Å². The van der Waals surface area contributed by atoms with Gasteiger partial charge in [0.1, 0.15) is 6.26 Å². The summed E-state index contributed by atoms with van der Waals surface area (Å²) in [5.41, 5.74) is 0. The summed E-state index contributed by atoms with van der Waals surface area (Å²) in [6, 6.07) is 0. The van der Waals surface area contributed by atoms with E-state index in [1.807, 2.05) is 0 Å². The molecule has 0 aliphatic carbocycles. The van der Waals surface area contributed by atoms with Gasteiger partial charge in [0.25, 0.3) is 0 Å². The van der Waals surface area contributed by atoms with E-state index in [1.165, 1.54) is 0 Å². The highest BCUT2D eigenvalue weighted by atomic mass is 32.2. The fraction of sp³-hybridized carbons (Fsp3) is 0. The molecule has 41 valence electrons. The van der Waals surface area contributed by atoms with Crippen LogP contribution in [0.15, 0.2) is 12.8 Å². The van der Waals surface area contributed by atoms with Crippen LogP contribution in [0.3, 0.4) is 0 Å². The van der Waals surface area contributed by atoms with Gasteiger partial charge in [-0.1, -0.05) is 6.58 Å². The van der Waals surface area contributed by atoms with Gasteiger partial charge in [-0.2, -0.15) is 8.42 Å². The minimum Gasteiger partial charge on any atom is -0.379 e. The molecule has 0 fully saturated rings. The van der Waals surface area contributed by atoms with Crippen molar-refractivity contribution in [2.45, 2.75) is 0 Å². The highest BCUT2D eigenvalue weighted by Gasteiger charge is 1.95. The Morgan fingerprint density at radius 1 is 1.71 bits per heavy atom. The first kappa shape index (κ1) is 6.45. The lowest BCUT2D eigenvalue weighted by atomic mass is 11.2. The highest BCUT2D eigenvalue weighted by Crippen LogP contribution is 1.80. The Kier molecular flexibility index (Phi) is 1.79. The van der Waals surface area contributed by atoms with Gasteiger partial charge in [0.2, 0.25) is 0 Å². The summed E-state index contributed by atoms with van der Waals surface area (Å²) in [4.78, 5) is 0. The fourth-order valence-electron chi connectivity index (χ4n) is 0.0896. The molecule has 0 bridgehead atoms. The lowest BCUT2D eigenvalue weighted by Crippen LogP contribution is -1.99. The Morgan fingerprint density at radius 3 is 2.14 bits per heavy atom. The van der Waals surface area contributed by atoms with Crippen LogP contribution in [0.5, 0.6) is 0 Å². The van der Waals surface area contributed by atoms with Crippen molar-refractivity contribution in [3.05, 3.63) is 12.8 Å². The van der Waals surface area contributed by atoms with Crippen molar-refractivity contribution in [1.29, 1.82) is 0 Å². The van der Waals surface area contributed by atoms with Gasteiger partial charge >= 0.3 is 10.3 Å². The third-order valence-corrected chi connectivity index (χ3v) is 0.584. The van der Waals surface area contributed by atoms with Gasteiger partial charge in [-0.3, -0.25) is 0 Å². The molecule has 0 unspecified atom stereocenters. The largest absolute Gasteiger partial charge is 0.396 e. The Balaban J connectivity index is 3.84. The molecule has 0 aliphatic rings. The highest BCUT2D eigenvalue weighted by molar-refractivity contribution is 7.84. The second-order valence-electron chi connectivity index (χ2n) is 0.717. The normalized spacial score (nSPS) is 10.4. The van der Waals surface area contributed by atoms with E-state index in [9.17, 15) is 8.42 Å². The van der Waals surface area contributed by atoms with E-state index in [1.54, 1.807) is 0 Å². The number of rotatable bonds is 2.